The third-order valence-electron chi connectivity index (χ3n) is 5.31. The normalized spacial score (nSPS) is 14.0. The zero-order chi connectivity index (χ0) is 23.5. The Balaban J connectivity index is 1.81. The Hall–Kier alpha value is -3.97. The molecule has 0 unspecified atom stereocenters. The molecule has 0 atom stereocenters. The monoisotopic (exact) mass is 445 g/mol. The minimum absolute atomic E-state index is 0.317. The highest BCUT2D eigenvalue weighted by atomic mass is 19.1. The Bertz CT molecular complexity index is 1250. The minimum atomic E-state index is -0.487. The van der Waals surface area contributed by atoms with Crippen molar-refractivity contribution < 1.29 is 18.7 Å². The number of nitrogens with zero attached hydrogens (tertiary/aromatic N) is 1. The molecule has 3 aromatic carbocycles. The summed E-state index contributed by atoms with van der Waals surface area (Å²) in [6, 6.07) is 19.2. The van der Waals surface area contributed by atoms with Gasteiger partial charge in [0.15, 0.2) is 0 Å². The van der Waals surface area contributed by atoms with Crippen LogP contribution in [0.25, 0.3) is 11.3 Å². The van der Waals surface area contributed by atoms with Gasteiger partial charge in [-0.25, -0.2) is 9.18 Å². The molecule has 2 N–H and O–H groups in total. The molecule has 0 bridgehead atoms. The van der Waals surface area contributed by atoms with Crippen LogP contribution in [0.4, 0.5) is 15.8 Å². The number of methoxy groups -OCH3 is 1. The smallest absolute Gasteiger partial charge is 0.337 e. The van der Waals surface area contributed by atoms with Crippen LogP contribution >= 0.6 is 0 Å². The summed E-state index contributed by atoms with van der Waals surface area (Å²) in [6.45, 7) is 0.483. The maximum atomic E-state index is 14.7. The number of fused-ring (bicyclic) bond motifs is 1. The number of nitrogens with one attached hydrogen (secondary N) is 2. The van der Waals surface area contributed by atoms with Gasteiger partial charge in [0, 0.05) is 23.4 Å². The lowest BCUT2D eigenvalue weighted by Gasteiger charge is -2.16. The van der Waals surface area contributed by atoms with E-state index in [1.165, 1.54) is 13.2 Å². The van der Waals surface area contributed by atoms with E-state index < -0.39 is 5.97 Å². The van der Waals surface area contributed by atoms with Crippen molar-refractivity contribution in [2.75, 3.05) is 31.8 Å². The summed E-state index contributed by atoms with van der Waals surface area (Å²) in [5.41, 5.74) is 4.32. The number of esters is 1. The summed E-state index contributed by atoms with van der Waals surface area (Å²) in [4.78, 5) is 26.8. The molecular formula is C26H24FN3O3. The lowest BCUT2D eigenvalue weighted by atomic mass is 9.99. The second kappa shape index (κ2) is 9.26. The molecule has 0 spiro atoms. The molecule has 0 saturated heterocycles. The van der Waals surface area contributed by atoms with Crippen molar-refractivity contribution in [3.8, 4) is 0 Å². The number of benzene rings is 3. The number of carbonyl (C=O) groups excluding carboxylic acids is 2. The van der Waals surface area contributed by atoms with E-state index in [4.69, 9.17) is 4.74 Å². The highest BCUT2D eigenvalue weighted by Gasteiger charge is 2.29. The van der Waals surface area contributed by atoms with Crippen LogP contribution in [0.1, 0.15) is 27.0 Å². The summed E-state index contributed by atoms with van der Waals surface area (Å²) in [6.07, 6.45) is 0. The van der Waals surface area contributed by atoms with Gasteiger partial charge in [-0.2, -0.15) is 0 Å². The molecule has 0 aromatic heterocycles. The average Bonchev–Trinajstić information content (AvgIpc) is 3.13. The van der Waals surface area contributed by atoms with Crippen LogP contribution in [0, 0.1) is 5.82 Å². The van der Waals surface area contributed by atoms with E-state index in [0.29, 0.717) is 45.9 Å². The molecule has 3 aromatic rings. The molecule has 6 nitrogen and oxygen atoms in total. The summed E-state index contributed by atoms with van der Waals surface area (Å²) >= 11 is 0. The third-order valence-corrected chi connectivity index (χ3v) is 5.31. The molecule has 1 amide bonds. The number of ether oxygens (including phenoxy) is 1. The number of halogens is 1. The molecule has 7 heteroatoms. The van der Waals surface area contributed by atoms with Crippen LogP contribution < -0.4 is 10.6 Å². The van der Waals surface area contributed by atoms with Gasteiger partial charge >= 0.3 is 5.97 Å². The first-order chi connectivity index (χ1) is 15.9. The molecular weight excluding hydrogens is 421 g/mol. The van der Waals surface area contributed by atoms with Crippen LogP contribution in [-0.2, 0) is 16.1 Å². The Morgan fingerprint density at radius 1 is 1.03 bits per heavy atom. The van der Waals surface area contributed by atoms with Crippen molar-refractivity contribution in [2.45, 2.75) is 6.54 Å². The maximum absolute atomic E-state index is 14.7. The van der Waals surface area contributed by atoms with Crippen molar-refractivity contribution in [1.82, 2.24) is 4.90 Å². The molecule has 1 aliphatic heterocycles. The number of hydrogen-bond acceptors (Lipinski definition) is 5. The van der Waals surface area contributed by atoms with Gasteiger partial charge in [-0.15, -0.1) is 0 Å². The maximum Gasteiger partial charge on any atom is 0.337 e. The molecule has 0 radical (unpaired) electrons. The zero-order valence-electron chi connectivity index (χ0n) is 18.6. The van der Waals surface area contributed by atoms with Crippen molar-refractivity contribution in [3.05, 3.63) is 94.8 Å². The van der Waals surface area contributed by atoms with E-state index in [2.05, 4.69) is 10.6 Å². The second-order valence-corrected chi connectivity index (χ2v) is 7.99. The second-order valence-electron chi connectivity index (χ2n) is 7.99. The number of rotatable bonds is 6. The summed E-state index contributed by atoms with van der Waals surface area (Å²) in [5, 5.41) is 6.07. The third kappa shape index (κ3) is 4.63. The largest absolute Gasteiger partial charge is 0.465 e. The lowest BCUT2D eigenvalue weighted by molar-refractivity contribution is -0.110. The van der Waals surface area contributed by atoms with E-state index in [1.807, 2.05) is 49.3 Å². The topological polar surface area (TPSA) is 70.7 Å². The van der Waals surface area contributed by atoms with E-state index in [1.54, 1.807) is 30.3 Å². The first-order valence-electron chi connectivity index (χ1n) is 10.4. The van der Waals surface area contributed by atoms with Gasteiger partial charge in [0.05, 0.1) is 29.6 Å². The molecule has 1 heterocycles. The Morgan fingerprint density at radius 3 is 2.45 bits per heavy atom. The van der Waals surface area contributed by atoms with Crippen LogP contribution in [0.5, 0.6) is 0 Å². The fourth-order valence-corrected chi connectivity index (χ4v) is 3.79. The fourth-order valence-electron chi connectivity index (χ4n) is 3.79. The molecule has 1 aliphatic rings. The summed E-state index contributed by atoms with van der Waals surface area (Å²) in [7, 11) is 5.07. The number of hydrogen-bond donors (Lipinski definition) is 2. The van der Waals surface area contributed by atoms with Crippen LogP contribution in [-0.4, -0.2) is 38.0 Å². The molecule has 168 valence electrons. The van der Waals surface area contributed by atoms with Crippen LogP contribution in [0.3, 0.4) is 0 Å². The summed E-state index contributed by atoms with van der Waals surface area (Å²) in [5.74, 6) is -1.13. The first kappa shape index (κ1) is 22.2. The number of anilines is 2. The molecule has 0 fully saturated rings. The summed E-state index contributed by atoms with van der Waals surface area (Å²) < 4.78 is 19.5. The Morgan fingerprint density at radius 2 is 1.79 bits per heavy atom. The van der Waals surface area contributed by atoms with Crippen molar-refractivity contribution >= 4 is 34.5 Å². The standard InChI is InChI=1S/C26H24FN3O3/c1-30(2)15-18-9-11-19(14-21(18)27)28-24(16-7-5-4-6-8-16)23-20-12-10-17(26(32)33-3)13-22(20)29-25(23)31/h4-14,28H,15H2,1-3H3,(H,29,31). The van der Waals surface area contributed by atoms with Gasteiger partial charge in [-0.3, -0.25) is 4.79 Å². The van der Waals surface area contributed by atoms with E-state index in [-0.39, 0.29) is 11.7 Å². The van der Waals surface area contributed by atoms with Crippen molar-refractivity contribution in [3.63, 3.8) is 0 Å². The van der Waals surface area contributed by atoms with E-state index in [0.717, 1.165) is 5.56 Å². The highest BCUT2D eigenvalue weighted by Crippen LogP contribution is 2.38. The highest BCUT2D eigenvalue weighted by molar-refractivity contribution is 6.37. The van der Waals surface area contributed by atoms with Crippen molar-refractivity contribution in [1.29, 1.82) is 0 Å². The van der Waals surface area contributed by atoms with E-state index >= 15 is 0 Å². The fraction of sp³-hybridized carbons (Fsp3) is 0.154. The van der Waals surface area contributed by atoms with E-state index in [9.17, 15) is 14.0 Å². The van der Waals surface area contributed by atoms with Gasteiger partial charge < -0.3 is 20.3 Å². The number of amides is 1. The first-order valence-corrected chi connectivity index (χ1v) is 10.4. The van der Waals surface area contributed by atoms with Gasteiger partial charge in [0.25, 0.3) is 5.91 Å². The van der Waals surface area contributed by atoms with Gasteiger partial charge in [-0.05, 0) is 43.9 Å². The Kier molecular flexibility index (Phi) is 6.24. The van der Waals surface area contributed by atoms with Gasteiger partial charge in [0.2, 0.25) is 0 Å². The van der Waals surface area contributed by atoms with Crippen LogP contribution in [0.2, 0.25) is 0 Å². The van der Waals surface area contributed by atoms with Gasteiger partial charge in [0.1, 0.15) is 5.82 Å². The molecule has 4 rings (SSSR count). The molecule has 33 heavy (non-hydrogen) atoms. The minimum Gasteiger partial charge on any atom is -0.465 e. The van der Waals surface area contributed by atoms with Crippen LogP contribution in [0.15, 0.2) is 66.7 Å². The Labute approximate surface area is 191 Å². The lowest BCUT2D eigenvalue weighted by Crippen LogP contribution is -2.12. The van der Waals surface area contributed by atoms with Gasteiger partial charge in [-0.1, -0.05) is 42.5 Å². The predicted octanol–water partition coefficient (Wildman–Crippen LogP) is 4.61. The average molecular weight is 445 g/mol. The van der Waals surface area contributed by atoms with Crippen molar-refractivity contribution in [2.24, 2.45) is 0 Å². The quantitative estimate of drug-likeness (QED) is 0.429. The number of carbonyl (C=O) groups is 2. The molecule has 0 saturated carbocycles. The SMILES string of the molecule is COC(=O)c1ccc2c(c1)NC(=O)C2=C(Nc1ccc(CN(C)C)c(F)c1)c1ccccc1. The predicted molar refractivity (Wildman–Crippen MR) is 127 cm³/mol. The zero-order valence-corrected chi connectivity index (χ0v) is 18.6. The molecule has 0 aliphatic carbocycles.